The summed E-state index contributed by atoms with van der Waals surface area (Å²) in [6, 6.07) is 10.1. The fraction of sp³-hybridized carbons (Fsp3) is 0.562. The van der Waals surface area contributed by atoms with E-state index in [1.807, 2.05) is 19.9 Å². The minimum atomic E-state index is 0.0347. The Morgan fingerprint density at radius 2 is 1.87 bits per heavy atom. The Morgan fingerprint density at radius 1 is 1.16 bits per heavy atom. The monoisotopic (exact) mass is 525 g/mol. The van der Waals surface area contributed by atoms with Gasteiger partial charge in [-0.25, -0.2) is 0 Å². The second-order valence-electron chi connectivity index (χ2n) is 9.68. The number of methoxy groups -OCH3 is 1. The predicted molar refractivity (Wildman–Crippen MR) is 160 cm³/mol. The lowest BCUT2D eigenvalue weighted by Gasteiger charge is -2.30. The van der Waals surface area contributed by atoms with E-state index in [-0.39, 0.29) is 11.5 Å². The molecule has 1 aliphatic carbocycles. The second-order valence-corrected chi connectivity index (χ2v) is 9.68. The summed E-state index contributed by atoms with van der Waals surface area (Å²) in [6.45, 7) is 17.8. The highest BCUT2D eigenvalue weighted by Crippen LogP contribution is 2.32. The molecule has 6 nitrogen and oxygen atoms in total. The van der Waals surface area contributed by atoms with Crippen LogP contribution in [0.4, 0.5) is 0 Å². The van der Waals surface area contributed by atoms with Crippen LogP contribution >= 0.6 is 0 Å². The Morgan fingerprint density at radius 3 is 2.39 bits per heavy atom. The number of ether oxygens (including phenoxy) is 1. The van der Waals surface area contributed by atoms with E-state index in [4.69, 9.17) is 4.74 Å². The molecule has 1 aromatic carbocycles. The Kier molecular flexibility index (Phi) is 16.3. The lowest BCUT2D eigenvalue weighted by Crippen LogP contribution is -2.43. The number of pyridine rings is 1. The molecule has 0 bridgehead atoms. The number of nitrogens with zero attached hydrogens (tertiary/aromatic N) is 2. The summed E-state index contributed by atoms with van der Waals surface area (Å²) in [7, 11) is 3.48. The van der Waals surface area contributed by atoms with Crippen molar-refractivity contribution in [1.29, 1.82) is 0 Å². The first-order valence-electron chi connectivity index (χ1n) is 14.1. The lowest BCUT2D eigenvalue weighted by molar-refractivity contribution is -0.137. The number of piperidine rings is 1. The SMILES string of the molecule is C=C.CC.COCCCc1cc(C)c(C)c(CN(C(=O)[C@@H]2CCCNC2)C2CC2)c1.Cn1ccccc1=O. The van der Waals surface area contributed by atoms with Gasteiger partial charge in [0.05, 0.1) is 5.92 Å². The van der Waals surface area contributed by atoms with Crippen LogP contribution < -0.4 is 10.9 Å². The van der Waals surface area contributed by atoms with E-state index in [2.05, 4.69) is 49.4 Å². The number of carbonyl (C=O) groups excluding carboxylic acids is 1. The molecule has 1 atom stereocenters. The first-order chi connectivity index (χ1) is 18.4. The van der Waals surface area contributed by atoms with Gasteiger partial charge in [-0.1, -0.05) is 32.0 Å². The molecule has 1 aliphatic heterocycles. The number of benzene rings is 1. The highest BCUT2D eigenvalue weighted by atomic mass is 16.5. The Balaban J connectivity index is 0.000000505. The third-order valence-corrected chi connectivity index (χ3v) is 6.91. The van der Waals surface area contributed by atoms with Crippen molar-refractivity contribution in [2.24, 2.45) is 13.0 Å². The number of rotatable bonds is 8. The molecule has 6 heteroatoms. The van der Waals surface area contributed by atoms with Crippen LogP contribution in [0.2, 0.25) is 0 Å². The van der Waals surface area contributed by atoms with Gasteiger partial charge >= 0.3 is 0 Å². The Hall–Kier alpha value is -2.70. The zero-order valence-electron chi connectivity index (χ0n) is 24.7. The third kappa shape index (κ3) is 11.0. The van der Waals surface area contributed by atoms with E-state index in [1.54, 1.807) is 26.4 Å². The number of carbonyl (C=O) groups is 1. The minimum Gasteiger partial charge on any atom is -0.385 e. The molecule has 0 spiro atoms. The number of amides is 1. The maximum absolute atomic E-state index is 13.1. The molecule has 1 saturated heterocycles. The molecule has 1 saturated carbocycles. The quantitative estimate of drug-likeness (QED) is 0.361. The van der Waals surface area contributed by atoms with Gasteiger partial charge < -0.3 is 19.5 Å². The summed E-state index contributed by atoms with van der Waals surface area (Å²) in [4.78, 5) is 25.9. The molecule has 2 aromatic rings. The molecule has 2 heterocycles. The van der Waals surface area contributed by atoms with Gasteiger partial charge in [-0.3, -0.25) is 9.59 Å². The fourth-order valence-electron chi connectivity index (χ4n) is 4.50. The summed E-state index contributed by atoms with van der Waals surface area (Å²) < 4.78 is 6.72. The summed E-state index contributed by atoms with van der Waals surface area (Å²) in [6.07, 6.45) is 8.27. The number of hydrogen-bond acceptors (Lipinski definition) is 4. The lowest BCUT2D eigenvalue weighted by atomic mass is 9.95. The van der Waals surface area contributed by atoms with Gasteiger partial charge in [-0.15, -0.1) is 13.2 Å². The minimum absolute atomic E-state index is 0.0347. The predicted octanol–water partition coefficient (Wildman–Crippen LogP) is 5.59. The molecule has 1 aromatic heterocycles. The topological polar surface area (TPSA) is 63.6 Å². The van der Waals surface area contributed by atoms with E-state index in [0.717, 1.165) is 64.8 Å². The molecular formula is C32H51N3O3. The van der Waals surface area contributed by atoms with Crippen LogP contribution in [0.15, 0.2) is 54.5 Å². The van der Waals surface area contributed by atoms with Crippen molar-refractivity contribution in [2.45, 2.75) is 78.8 Å². The van der Waals surface area contributed by atoms with E-state index in [0.29, 0.717) is 11.9 Å². The average molecular weight is 526 g/mol. The van der Waals surface area contributed by atoms with Gasteiger partial charge in [0.15, 0.2) is 0 Å². The second kappa shape index (κ2) is 18.5. The number of hydrogen-bond donors (Lipinski definition) is 1. The number of aromatic nitrogens is 1. The molecule has 0 unspecified atom stereocenters. The van der Waals surface area contributed by atoms with Crippen molar-refractivity contribution in [3.8, 4) is 0 Å². The molecule has 0 radical (unpaired) electrons. The zero-order chi connectivity index (χ0) is 28.5. The summed E-state index contributed by atoms with van der Waals surface area (Å²) in [5.74, 6) is 0.525. The third-order valence-electron chi connectivity index (χ3n) is 6.91. The normalized spacial score (nSPS) is 16.0. The van der Waals surface area contributed by atoms with Gasteiger partial charge in [0, 0.05) is 52.2 Å². The van der Waals surface area contributed by atoms with Crippen molar-refractivity contribution in [3.05, 3.63) is 82.3 Å². The molecular weight excluding hydrogens is 474 g/mol. The largest absolute Gasteiger partial charge is 0.385 e. The van der Waals surface area contributed by atoms with Crippen LogP contribution in [0.1, 0.15) is 68.2 Å². The summed E-state index contributed by atoms with van der Waals surface area (Å²) in [5.41, 5.74) is 5.38. The maximum atomic E-state index is 13.1. The van der Waals surface area contributed by atoms with Gasteiger partial charge in [0.2, 0.25) is 11.5 Å². The van der Waals surface area contributed by atoms with Crippen molar-refractivity contribution in [2.75, 3.05) is 26.8 Å². The molecule has 38 heavy (non-hydrogen) atoms. The smallest absolute Gasteiger partial charge is 0.250 e. The molecule has 2 fully saturated rings. The number of nitrogens with one attached hydrogen (secondary N) is 1. The van der Waals surface area contributed by atoms with E-state index in [9.17, 15) is 9.59 Å². The fourth-order valence-corrected chi connectivity index (χ4v) is 4.50. The van der Waals surface area contributed by atoms with Crippen LogP contribution in [-0.4, -0.2) is 48.2 Å². The average Bonchev–Trinajstić information content (AvgIpc) is 3.80. The standard InChI is InChI=1S/C22H34N2O2.C6H7NO.C2H6.C2H4/c1-16-12-18(6-5-11-26-3)13-20(17(16)2)15-24(21-8-9-21)22(25)19-7-4-10-23-14-19;1-7-5-3-2-4-6(7)8;2*1-2/h12-13,19,21,23H,4-11,14-15H2,1-3H3;2-5H,1H3;1-2H3;1-2H2/t19-;;;/m1.../s1. The zero-order valence-corrected chi connectivity index (χ0v) is 24.7. The van der Waals surface area contributed by atoms with Crippen molar-refractivity contribution in [1.82, 2.24) is 14.8 Å². The molecule has 1 N–H and O–H groups in total. The van der Waals surface area contributed by atoms with Gasteiger partial charge in [0.1, 0.15) is 0 Å². The van der Waals surface area contributed by atoms with Crippen LogP contribution in [0.25, 0.3) is 0 Å². The molecule has 4 rings (SSSR count). The van der Waals surface area contributed by atoms with Crippen LogP contribution in [0.3, 0.4) is 0 Å². The van der Waals surface area contributed by atoms with Crippen molar-refractivity contribution in [3.63, 3.8) is 0 Å². The van der Waals surface area contributed by atoms with Crippen LogP contribution in [-0.2, 0) is 29.5 Å². The van der Waals surface area contributed by atoms with Crippen LogP contribution in [0.5, 0.6) is 0 Å². The molecule has 212 valence electrons. The first-order valence-corrected chi connectivity index (χ1v) is 14.1. The van der Waals surface area contributed by atoms with E-state index in [1.165, 1.54) is 32.9 Å². The number of aryl methyl sites for hydroxylation is 3. The highest BCUT2D eigenvalue weighted by Gasteiger charge is 2.36. The van der Waals surface area contributed by atoms with Gasteiger partial charge in [-0.2, -0.15) is 0 Å². The summed E-state index contributed by atoms with van der Waals surface area (Å²) >= 11 is 0. The Labute approximate surface area is 231 Å². The maximum Gasteiger partial charge on any atom is 0.250 e. The summed E-state index contributed by atoms with van der Waals surface area (Å²) in [5, 5.41) is 3.39. The Bertz CT molecular complexity index is 1010. The molecule has 2 aliphatic rings. The van der Waals surface area contributed by atoms with Crippen LogP contribution in [0, 0.1) is 19.8 Å². The van der Waals surface area contributed by atoms with Crippen molar-refractivity contribution >= 4 is 5.91 Å². The van der Waals surface area contributed by atoms with Gasteiger partial charge in [0.25, 0.3) is 0 Å². The molecule has 1 amide bonds. The highest BCUT2D eigenvalue weighted by molar-refractivity contribution is 5.80. The van der Waals surface area contributed by atoms with Gasteiger partial charge in [-0.05, 0) is 87.2 Å². The first kappa shape index (κ1) is 33.3. The van der Waals surface area contributed by atoms with Crippen molar-refractivity contribution < 1.29 is 9.53 Å². The van der Waals surface area contributed by atoms with E-state index >= 15 is 0 Å². The van der Waals surface area contributed by atoms with E-state index < -0.39 is 0 Å².